The normalized spacial score (nSPS) is 12.2. The third-order valence-electron chi connectivity index (χ3n) is 3.41. The minimum atomic E-state index is -0.452. The van der Waals surface area contributed by atoms with E-state index in [1.165, 1.54) is 13.2 Å². The van der Waals surface area contributed by atoms with Gasteiger partial charge in [0.05, 0.1) is 7.11 Å². The van der Waals surface area contributed by atoms with Crippen molar-refractivity contribution in [1.82, 2.24) is 5.32 Å². The van der Waals surface area contributed by atoms with Gasteiger partial charge in [-0.2, -0.15) is 0 Å². The average Bonchev–Trinajstić information content (AvgIpc) is 2.48. The van der Waals surface area contributed by atoms with Gasteiger partial charge in [0.25, 0.3) is 0 Å². The van der Waals surface area contributed by atoms with Crippen LogP contribution in [0.25, 0.3) is 0 Å². The number of hydrogen-bond acceptors (Lipinski definition) is 2. The van der Waals surface area contributed by atoms with Crippen molar-refractivity contribution in [2.24, 2.45) is 0 Å². The monoisotopic (exact) mass is 311 g/mol. The number of benzene rings is 2. The minimum Gasteiger partial charge on any atom is -0.494 e. The van der Waals surface area contributed by atoms with E-state index in [1.54, 1.807) is 37.4 Å². The van der Waals surface area contributed by atoms with Crippen LogP contribution < -0.4 is 10.1 Å². The molecule has 0 aromatic heterocycles. The lowest BCUT2D eigenvalue weighted by Gasteiger charge is -2.19. The van der Waals surface area contributed by atoms with E-state index in [1.807, 2.05) is 0 Å². The topological polar surface area (TPSA) is 21.3 Å². The van der Waals surface area contributed by atoms with Crippen molar-refractivity contribution in [2.45, 2.75) is 12.5 Å². The molecule has 1 N–H and O–H groups in total. The van der Waals surface area contributed by atoms with Crippen molar-refractivity contribution < 1.29 is 13.5 Å². The Morgan fingerprint density at radius 3 is 2.52 bits per heavy atom. The first-order chi connectivity index (χ1) is 10.1. The maximum atomic E-state index is 14.3. The molecule has 112 valence electrons. The Morgan fingerprint density at radius 2 is 1.90 bits per heavy atom. The summed E-state index contributed by atoms with van der Waals surface area (Å²) in [7, 11) is 3.10. The highest BCUT2D eigenvalue weighted by Crippen LogP contribution is 2.29. The Hall–Kier alpha value is -1.65. The van der Waals surface area contributed by atoms with Crippen molar-refractivity contribution in [3.05, 3.63) is 64.2 Å². The molecule has 0 aliphatic rings. The molecule has 21 heavy (non-hydrogen) atoms. The van der Waals surface area contributed by atoms with E-state index in [9.17, 15) is 8.78 Å². The smallest absolute Gasteiger partial charge is 0.169 e. The van der Waals surface area contributed by atoms with Crippen LogP contribution in [0.2, 0.25) is 5.02 Å². The number of methoxy groups -OCH3 is 1. The third kappa shape index (κ3) is 3.34. The van der Waals surface area contributed by atoms with Gasteiger partial charge in [-0.1, -0.05) is 29.8 Å². The average molecular weight is 312 g/mol. The summed E-state index contributed by atoms with van der Waals surface area (Å²) in [5.41, 5.74) is 0.775. The van der Waals surface area contributed by atoms with Gasteiger partial charge in [-0.05, 0) is 31.7 Å². The molecule has 0 amide bonds. The zero-order chi connectivity index (χ0) is 15.4. The van der Waals surface area contributed by atoms with Crippen LogP contribution in [-0.2, 0) is 6.42 Å². The van der Waals surface area contributed by atoms with E-state index in [2.05, 4.69) is 5.32 Å². The zero-order valence-electron chi connectivity index (χ0n) is 11.8. The number of nitrogens with one attached hydrogen (secondary N) is 1. The van der Waals surface area contributed by atoms with E-state index in [0.717, 1.165) is 0 Å². The quantitative estimate of drug-likeness (QED) is 0.896. The summed E-state index contributed by atoms with van der Waals surface area (Å²) in [5, 5.41) is 3.32. The second kappa shape index (κ2) is 6.87. The van der Waals surface area contributed by atoms with E-state index in [0.29, 0.717) is 16.1 Å². The summed E-state index contributed by atoms with van der Waals surface area (Å²) in [4.78, 5) is 0. The molecule has 1 unspecified atom stereocenters. The number of rotatable bonds is 5. The molecule has 0 spiro atoms. The second-order valence-corrected chi connectivity index (χ2v) is 5.02. The fourth-order valence-electron chi connectivity index (χ4n) is 2.25. The van der Waals surface area contributed by atoms with Crippen LogP contribution in [0.1, 0.15) is 17.2 Å². The number of hydrogen-bond donors (Lipinski definition) is 1. The molecule has 0 aliphatic heterocycles. The molecule has 0 bridgehead atoms. The molecule has 1 atom stereocenters. The number of likely N-dealkylation sites (N-methyl/N-ethyl adjacent to an activating group) is 1. The van der Waals surface area contributed by atoms with Crippen molar-refractivity contribution >= 4 is 11.6 Å². The molecule has 0 fully saturated rings. The molecule has 0 heterocycles. The Labute approximate surface area is 127 Å². The van der Waals surface area contributed by atoms with Crippen LogP contribution in [0, 0.1) is 11.6 Å². The molecular formula is C16H16ClF2NO. The van der Waals surface area contributed by atoms with Gasteiger partial charge in [-0.15, -0.1) is 0 Å². The van der Waals surface area contributed by atoms with Crippen LogP contribution in [-0.4, -0.2) is 14.2 Å². The molecule has 0 aliphatic carbocycles. The molecule has 0 saturated heterocycles. The lowest BCUT2D eigenvalue weighted by atomic mass is 9.98. The highest BCUT2D eigenvalue weighted by Gasteiger charge is 2.20. The van der Waals surface area contributed by atoms with E-state index >= 15 is 0 Å². The molecule has 2 nitrogen and oxygen atoms in total. The number of ether oxygens (including phenoxy) is 1. The predicted molar refractivity (Wildman–Crippen MR) is 79.9 cm³/mol. The van der Waals surface area contributed by atoms with Gasteiger partial charge < -0.3 is 10.1 Å². The van der Waals surface area contributed by atoms with Gasteiger partial charge in [0.2, 0.25) is 0 Å². The van der Waals surface area contributed by atoms with Gasteiger partial charge in [0.15, 0.2) is 11.6 Å². The lowest BCUT2D eigenvalue weighted by Crippen LogP contribution is -2.21. The molecule has 0 radical (unpaired) electrons. The van der Waals surface area contributed by atoms with Crippen LogP contribution in [0.4, 0.5) is 8.78 Å². The van der Waals surface area contributed by atoms with Crippen LogP contribution in [0.3, 0.4) is 0 Å². The molecule has 5 heteroatoms. The van der Waals surface area contributed by atoms with Crippen molar-refractivity contribution in [3.8, 4) is 5.75 Å². The second-order valence-electron chi connectivity index (χ2n) is 4.61. The third-order valence-corrected chi connectivity index (χ3v) is 3.76. The van der Waals surface area contributed by atoms with Gasteiger partial charge >= 0.3 is 0 Å². The van der Waals surface area contributed by atoms with E-state index in [4.69, 9.17) is 16.3 Å². The van der Waals surface area contributed by atoms with Crippen molar-refractivity contribution in [2.75, 3.05) is 14.2 Å². The van der Waals surface area contributed by atoms with Crippen molar-refractivity contribution in [3.63, 3.8) is 0 Å². The summed E-state index contributed by atoms with van der Waals surface area (Å²) in [6.45, 7) is 0. The minimum absolute atomic E-state index is 0.160. The van der Waals surface area contributed by atoms with Crippen LogP contribution in [0.15, 0.2) is 36.4 Å². The Bertz CT molecular complexity index is 613. The standard InChI is InChI=1S/C16H16ClF2NO/c1-20-14(9-11-12(17)6-4-7-13(11)18)10-5-3-8-15(21-2)16(10)19/h3-8,14,20H,9H2,1-2H3. The van der Waals surface area contributed by atoms with Crippen LogP contribution in [0.5, 0.6) is 5.75 Å². The lowest BCUT2D eigenvalue weighted by molar-refractivity contribution is 0.380. The van der Waals surface area contributed by atoms with Gasteiger partial charge in [0, 0.05) is 22.2 Å². The van der Waals surface area contributed by atoms with Gasteiger partial charge in [-0.3, -0.25) is 0 Å². The summed E-state index contributed by atoms with van der Waals surface area (Å²) >= 11 is 6.03. The first kappa shape index (κ1) is 15.7. The molecule has 2 aromatic carbocycles. The largest absolute Gasteiger partial charge is 0.494 e. The van der Waals surface area contributed by atoms with Gasteiger partial charge in [0.1, 0.15) is 5.82 Å². The molecule has 2 aromatic rings. The Morgan fingerprint density at radius 1 is 1.19 bits per heavy atom. The van der Waals surface area contributed by atoms with Crippen molar-refractivity contribution in [1.29, 1.82) is 0 Å². The van der Waals surface area contributed by atoms with Gasteiger partial charge in [-0.25, -0.2) is 8.78 Å². The Kier molecular flexibility index (Phi) is 5.15. The highest BCUT2D eigenvalue weighted by molar-refractivity contribution is 6.31. The summed E-state index contributed by atoms with van der Waals surface area (Å²) in [6.07, 6.45) is 0.242. The first-order valence-corrected chi connectivity index (χ1v) is 6.88. The maximum absolute atomic E-state index is 14.3. The van der Waals surface area contributed by atoms with E-state index in [-0.39, 0.29) is 12.2 Å². The zero-order valence-corrected chi connectivity index (χ0v) is 12.5. The maximum Gasteiger partial charge on any atom is 0.169 e. The molecule has 0 saturated carbocycles. The summed E-state index contributed by atoms with van der Waals surface area (Å²) in [6, 6.07) is 8.99. The summed E-state index contributed by atoms with van der Waals surface area (Å²) < 4.78 is 33.2. The number of halogens is 3. The molecular weight excluding hydrogens is 296 g/mol. The predicted octanol–water partition coefficient (Wildman–Crippen LogP) is 4.13. The molecule has 2 rings (SSSR count). The SMILES string of the molecule is CNC(Cc1c(F)cccc1Cl)c1cccc(OC)c1F. The Balaban J connectivity index is 2.37. The fourth-order valence-corrected chi connectivity index (χ4v) is 2.49. The van der Waals surface area contributed by atoms with Crippen LogP contribution >= 0.6 is 11.6 Å². The fraction of sp³-hybridized carbons (Fsp3) is 0.250. The van der Waals surface area contributed by atoms with E-state index < -0.39 is 17.7 Å². The first-order valence-electron chi connectivity index (χ1n) is 6.51. The summed E-state index contributed by atoms with van der Waals surface area (Å²) in [5.74, 6) is -0.690. The highest BCUT2D eigenvalue weighted by atomic mass is 35.5.